The van der Waals surface area contributed by atoms with Gasteiger partial charge in [0.1, 0.15) is 4.83 Å². The van der Waals surface area contributed by atoms with Crippen molar-refractivity contribution < 1.29 is 9.53 Å². The summed E-state index contributed by atoms with van der Waals surface area (Å²) in [6.07, 6.45) is 3.24. The second-order valence-electron chi connectivity index (χ2n) is 6.31. The number of nitrogens with zero attached hydrogens (tertiary/aromatic N) is 2. The van der Waals surface area contributed by atoms with Crippen LogP contribution in [0.5, 0.6) is 0 Å². The van der Waals surface area contributed by atoms with Crippen LogP contribution in [0.4, 0.5) is 0 Å². The molecule has 8 heteroatoms. The highest BCUT2D eigenvalue weighted by Crippen LogP contribution is 2.38. The molecule has 0 bridgehead atoms. The van der Waals surface area contributed by atoms with Gasteiger partial charge in [-0.1, -0.05) is 24.8 Å². The average Bonchev–Trinajstić information content (AvgIpc) is 2.93. The molecule has 0 spiro atoms. The van der Waals surface area contributed by atoms with Crippen molar-refractivity contribution in [2.75, 3.05) is 5.75 Å². The van der Waals surface area contributed by atoms with E-state index in [0.717, 1.165) is 16.9 Å². The Hall–Kier alpha value is -1.64. The second kappa shape index (κ2) is 6.93. The Morgan fingerprint density at radius 2 is 2.36 bits per heavy atom. The van der Waals surface area contributed by atoms with Crippen LogP contribution in [-0.2, 0) is 29.1 Å². The van der Waals surface area contributed by atoms with Crippen molar-refractivity contribution in [2.45, 2.75) is 50.6 Å². The van der Waals surface area contributed by atoms with Crippen LogP contribution in [0.15, 0.2) is 22.6 Å². The number of fused-ring (bicyclic) bond motifs is 3. The zero-order valence-electron chi connectivity index (χ0n) is 14.3. The number of carbonyl (C=O) groups excluding carboxylic acids is 1. The van der Waals surface area contributed by atoms with Gasteiger partial charge in [0.15, 0.2) is 5.16 Å². The molecule has 0 radical (unpaired) electrons. The minimum absolute atomic E-state index is 0.0806. The molecule has 2 aromatic rings. The number of primary amides is 1. The maximum Gasteiger partial charge on any atom is 0.263 e. The number of nitrogens with two attached hydrogens (primary N) is 1. The maximum atomic E-state index is 13.1. The zero-order chi connectivity index (χ0) is 18.2. The Kier molecular flexibility index (Phi) is 5.04. The van der Waals surface area contributed by atoms with E-state index in [9.17, 15) is 9.59 Å². The van der Waals surface area contributed by atoms with Crippen molar-refractivity contribution in [3.05, 3.63) is 33.4 Å². The summed E-state index contributed by atoms with van der Waals surface area (Å²) in [5.74, 6) is -0.362. The molecule has 1 aliphatic rings. The lowest BCUT2D eigenvalue weighted by atomic mass is 9.90. The van der Waals surface area contributed by atoms with Crippen LogP contribution in [0, 0.1) is 0 Å². The van der Waals surface area contributed by atoms with Crippen LogP contribution in [0.25, 0.3) is 10.2 Å². The number of amides is 1. The number of thiophene rings is 1. The van der Waals surface area contributed by atoms with Crippen molar-refractivity contribution in [1.29, 1.82) is 0 Å². The third-order valence-electron chi connectivity index (χ3n) is 4.46. The Morgan fingerprint density at radius 1 is 1.60 bits per heavy atom. The van der Waals surface area contributed by atoms with Gasteiger partial charge >= 0.3 is 0 Å². The number of ether oxygens (including phenoxy) is 1. The normalized spacial score (nSPS) is 19.8. The molecule has 0 aromatic carbocycles. The van der Waals surface area contributed by atoms with Gasteiger partial charge in [0.2, 0.25) is 5.91 Å². The molecule has 1 atom stereocenters. The van der Waals surface area contributed by atoms with Crippen molar-refractivity contribution >= 4 is 39.2 Å². The monoisotopic (exact) mass is 379 g/mol. The molecule has 0 aliphatic carbocycles. The number of rotatable bonds is 6. The topological polar surface area (TPSA) is 87.2 Å². The van der Waals surface area contributed by atoms with E-state index in [1.165, 1.54) is 23.1 Å². The predicted molar refractivity (Wildman–Crippen MR) is 101 cm³/mol. The summed E-state index contributed by atoms with van der Waals surface area (Å²) >= 11 is 2.67. The number of aromatic nitrogens is 2. The van der Waals surface area contributed by atoms with E-state index < -0.39 is 5.91 Å². The first-order chi connectivity index (χ1) is 11.9. The van der Waals surface area contributed by atoms with Crippen LogP contribution in [-0.4, -0.2) is 26.8 Å². The fourth-order valence-electron chi connectivity index (χ4n) is 2.90. The summed E-state index contributed by atoms with van der Waals surface area (Å²) in [6, 6.07) is 0. The Labute approximate surface area is 154 Å². The lowest BCUT2D eigenvalue weighted by Gasteiger charge is -2.32. The van der Waals surface area contributed by atoms with Gasteiger partial charge < -0.3 is 10.5 Å². The first kappa shape index (κ1) is 18.2. The van der Waals surface area contributed by atoms with Gasteiger partial charge in [0, 0.05) is 17.8 Å². The van der Waals surface area contributed by atoms with Gasteiger partial charge in [0.25, 0.3) is 5.56 Å². The third kappa shape index (κ3) is 3.38. The first-order valence-corrected chi connectivity index (χ1v) is 9.89. The Morgan fingerprint density at radius 3 is 3.00 bits per heavy atom. The lowest BCUT2D eigenvalue weighted by molar-refractivity contribution is -0.115. The van der Waals surface area contributed by atoms with Gasteiger partial charge in [-0.25, -0.2) is 4.98 Å². The second-order valence-corrected chi connectivity index (χ2v) is 8.33. The fourth-order valence-corrected chi connectivity index (χ4v) is 4.79. The molecule has 25 heavy (non-hydrogen) atoms. The fraction of sp³-hybridized carbons (Fsp3) is 0.471. The molecule has 0 fully saturated rings. The lowest BCUT2D eigenvalue weighted by Crippen LogP contribution is -2.34. The first-order valence-electron chi connectivity index (χ1n) is 8.09. The molecule has 134 valence electrons. The summed E-state index contributed by atoms with van der Waals surface area (Å²) in [7, 11) is 0. The van der Waals surface area contributed by atoms with E-state index in [1.807, 2.05) is 0 Å². The minimum atomic E-state index is -0.443. The van der Waals surface area contributed by atoms with Gasteiger partial charge in [-0.2, -0.15) is 0 Å². The molecule has 3 rings (SSSR count). The van der Waals surface area contributed by atoms with Crippen LogP contribution >= 0.6 is 23.1 Å². The number of carbonyl (C=O) groups is 1. The molecule has 2 N–H and O–H groups in total. The molecule has 6 nitrogen and oxygen atoms in total. The summed E-state index contributed by atoms with van der Waals surface area (Å²) < 4.78 is 7.55. The summed E-state index contributed by atoms with van der Waals surface area (Å²) in [5.41, 5.74) is 5.94. The van der Waals surface area contributed by atoms with Crippen LogP contribution in [0.3, 0.4) is 0 Å². The van der Waals surface area contributed by atoms with Crippen LogP contribution in [0.2, 0.25) is 0 Å². The maximum absolute atomic E-state index is 13.1. The van der Waals surface area contributed by atoms with E-state index in [4.69, 9.17) is 10.5 Å². The Balaban J connectivity index is 2.17. The highest BCUT2D eigenvalue weighted by atomic mass is 32.2. The van der Waals surface area contributed by atoms with E-state index in [1.54, 1.807) is 10.6 Å². The zero-order valence-corrected chi connectivity index (χ0v) is 16.0. The number of allylic oxidation sites excluding steroid dienone is 1. The molecule has 3 heterocycles. The molecular formula is C17H21N3O3S2. The molecule has 0 unspecified atom stereocenters. The van der Waals surface area contributed by atoms with Crippen molar-refractivity contribution in [1.82, 2.24) is 9.55 Å². The van der Waals surface area contributed by atoms with Crippen molar-refractivity contribution in [2.24, 2.45) is 5.73 Å². The highest BCUT2D eigenvalue weighted by molar-refractivity contribution is 7.99. The van der Waals surface area contributed by atoms with E-state index >= 15 is 0 Å². The van der Waals surface area contributed by atoms with Gasteiger partial charge in [-0.15, -0.1) is 17.9 Å². The quantitative estimate of drug-likeness (QED) is 0.473. The summed E-state index contributed by atoms with van der Waals surface area (Å²) in [4.78, 5) is 30.6. The minimum Gasteiger partial charge on any atom is -0.369 e. The summed E-state index contributed by atoms with van der Waals surface area (Å²) in [6.45, 7) is 8.73. The van der Waals surface area contributed by atoms with Crippen molar-refractivity contribution in [3.63, 3.8) is 0 Å². The highest BCUT2D eigenvalue weighted by Gasteiger charge is 2.33. The van der Waals surface area contributed by atoms with Crippen LogP contribution < -0.4 is 11.3 Å². The van der Waals surface area contributed by atoms with E-state index in [0.29, 0.717) is 34.9 Å². The summed E-state index contributed by atoms with van der Waals surface area (Å²) in [5, 5.41) is 1.17. The molecule has 0 saturated heterocycles. The average molecular weight is 380 g/mol. The molecular weight excluding hydrogens is 358 g/mol. The number of thioether (sulfide) groups is 1. The van der Waals surface area contributed by atoms with Crippen LogP contribution in [0.1, 0.15) is 30.7 Å². The van der Waals surface area contributed by atoms with Gasteiger partial charge in [-0.05, 0) is 18.9 Å². The molecule has 0 saturated carbocycles. The largest absolute Gasteiger partial charge is 0.369 e. The number of hydrogen-bond acceptors (Lipinski definition) is 6. The SMILES string of the molecule is C=CCn1c(SCC(N)=O)nc2sc3c(c2c1=O)C[C@@](C)(CC)OC3. The van der Waals surface area contributed by atoms with Crippen molar-refractivity contribution in [3.8, 4) is 0 Å². The van der Waals surface area contributed by atoms with Gasteiger partial charge in [0.05, 0.1) is 23.3 Å². The van der Waals surface area contributed by atoms with E-state index in [2.05, 4.69) is 25.4 Å². The Bertz CT molecular complexity index is 903. The standard InChI is InChI=1S/C17H21N3O3S2/c1-4-6-20-15(22)13-10-7-17(3,5-2)23-8-11(10)25-14(13)19-16(20)24-9-12(18)21/h4H,1,5-9H2,2-3H3,(H2,18,21)/t17-/m1/s1. The third-order valence-corrected chi connectivity index (χ3v) is 6.56. The molecule has 2 aromatic heterocycles. The predicted octanol–water partition coefficient (Wildman–Crippen LogP) is 2.46. The van der Waals surface area contributed by atoms with E-state index in [-0.39, 0.29) is 16.9 Å². The number of hydrogen-bond donors (Lipinski definition) is 1. The molecule has 1 aliphatic heterocycles. The smallest absolute Gasteiger partial charge is 0.263 e. The molecule has 1 amide bonds. The van der Waals surface area contributed by atoms with Gasteiger partial charge in [-0.3, -0.25) is 14.2 Å².